The van der Waals surface area contributed by atoms with E-state index in [-0.39, 0.29) is 24.8 Å². The molecule has 2 N–H and O–H groups in total. The third kappa shape index (κ3) is 6.02. The Kier molecular flexibility index (Phi) is 6.76. The van der Waals surface area contributed by atoms with Crippen molar-refractivity contribution < 1.29 is 23.5 Å². The van der Waals surface area contributed by atoms with Gasteiger partial charge in [0.1, 0.15) is 23.9 Å². The second-order valence-corrected chi connectivity index (χ2v) is 6.41. The number of amides is 2. The first-order valence-corrected chi connectivity index (χ1v) is 9.10. The van der Waals surface area contributed by atoms with E-state index in [2.05, 4.69) is 10.6 Å². The third-order valence-corrected chi connectivity index (χ3v) is 4.10. The molecule has 150 valence electrons. The lowest BCUT2D eigenvalue weighted by Gasteiger charge is -2.07. The standard InChI is InChI=1S/C21H19ClN2O5/c1-27-17-4-2-3-15(11-17)24-20(25)12-23-21(26)19-10-9-18(29-19)13-28-16-7-5-14(22)6-8-16/h2-11H,12-13H2,1H3,(H,23,26)(H,24,25). The minimum Gasteiger partial charge on any atom is -0.497 e. The van der Waals surface area contributed by atoms with Crippen molar-refractivity contribution in [1.82, 2.24) is 5.32 Å². The number of carbonyl (C=O) groups excluding carboxylic acids is 2. The molecule has 7 nitrogen and oxygen atoms in total. The van der Waals surface area contributed by atoms with Crippen LogP contribution in [0.5, 0.6) is 11.5 Å². The maximum Gasteiger partial charge on any atom is 0.287 e. The first kappa shape index (κ1) is 20.3. The molecule has 29 heavy (non-hydrogen) atoms. The molecule has 2 aromatic carbocycles. The number of benzene rings is 2. The average molecular weight is 415 g/mol. The lowest BCUT2D eigenvalue weighted by Crippen LogP contribution is -2.32. The van der Waals surface area contributed by atoms with Crippen LogP contribution >= 0.6 is 11.6 Å². The first-order valence-electron chi connectivity index (χ1n) is 8.72. The second-order valence-electron chi connectivity index (χ2n) is 5.97. The fraction of sp³-hybridized carbons (Fsp3) is 0.143. The topological polar surface area (TPSA) is 89.8 Å². The summed E-state index contributed by atoms with van der Waals surface area (Å²) in [5.74, 6) is 0.953. The summed E-state index contributed by atoms with van der Waals surface area (Å²) < 4.78 is 16.1. The lowest BCUT2D eigenvalue weighted by atomic mass is 10.3. The number of halogens is 1. The number of anilines is 1. The molecular weight excluding hydrogens is 396 g/mol. The number of methoxy groups -OCH3 is 1. The molecule has 0 unspecified atom stereocenters. The van der Waals surface area contributed by atoms with Gasteiger partial charge in [-0.1, -0.05) is 17.7 Å². The number of hydrogen-bond donors (Lipinski definition) is 2. The molecule has 0 atom stereocenters. The van der Waals surface area contributed by atoms with E-state index in [1.54, 1.807) is 61.7 Å². The van der Waals surface area contributed by atoms with Crippen molar-refractivity contribution >= 4 is 29.1 Å². The highest BCUT2D eigenvalue weighted by atomic mass is 35.5. The molecule has 1 aromatic heterocycles. The summed E-state index contributed by atoms with van der Waals surface area (Å²) in [6.45, 7) is -0.0431. The van der Waals surface area contributed by atoms with Crippen LogP contribution in [-0.4, -0.2) is 25.5 Å². The van der Waals surface area contributed by atoms with Gasteiger partial charge in [0, 0.05) is 16.8 Å². The van der Waals surface area contributed by atoms with E-state index in [0.717, 1.165) is 0 Å². The van der Waals surface area contributed by atoms with E-state index in [1.165, 1.54) is 6.07 Å². The molecule has 0 fully saturated rings. The van der Waals surface area contributed by atoms with Gasteiger partial charge in [-0.05, 0) is 48.5 Å². The summed E-state index contributed by atoms with van der Waals surface area (Å²) in [7, 11) is 1.54. The number of rotatable bonds is 8. The Labute approximate surface area is 172 Å². The van der Waals surface area contributed by atoms with Gasteiger partial charge in [-0.3, -0.25) is 9.59 Å². The van der Waals surface area contributed by atoms with Gasteiger partial charge in [0.05, 0.1) is 13.7 Å². The Morgan fingerprint density at radius 1 is 1.03 bits per heavy atom. The minimum absolute atomic E-state index is 0.0916. The van der Waals surface area contributed by atoms with Crippen LogP contribution in [-0.2, 0) is 11.4 Å². The normalized spacial score (nSPS) is 10.3. The predicted molar refractivity (Wildman–Crippen MR) is 108 cm³/mol. The summed E-state index contributed by atoms with van der Waals surface area (Å²) in [5.41, 5.74) is 0.572. The Morgan fingerprint density at radius 2 is 1.83 bits per heavy atom. The third-order valence-electron chi connectivity index (χ3n) is 3.84. The van der Waals surface area contributed by atoms with Crippen LogP contribution in [0.15, 0.2) is 65.1 Å². The van der Waals surface area contributed by atoms with Gasteiger partial charge < -0.3 is 24.5 Å². The summed E-state index contributed by atoms with van der Waals surface area (Å²) in [5, 5.41) is 5.80. The molecule has 0 aliphatic heterocycles. The molecule has 3 aromatic rings. The van der Waals surface area contributed by atoms with E-state index in [4.69, 9.17) is 25.5 Å². The smallest absolute Gasteiger partial charge is 0.287 e. The van der Waals surface area contributed by atoms with Crippen molar-refractivity contribution in [3.63, 3.8) is 0 Å². The monoisotopic (exact) mass is 414 g/mol. The molecular formula is C21H19ClN2O5. The fourth-order valence-corrected chi connectivity index (χ4v) is 2.54. The quantitative estimate of drug-likeness (QED) is 0.583. The zero-order chi connectivity index (χ0) is 20.6. The van der Waals surface area contributed by atoms with Crippen molar-refractivity contribution in [3.8, 4) is 11.5 Å². The number of nitrogens with one attached hydrogen (secondary N) is 2. The van der Waals surface area contributed by atoms with Crippen molar-refractivity contribution in [3.05, 3.63) is 77.2 Å². The molecule has 0 radical (unpaired) electrons. The fourth-order valence-electron chi connectivity index (χ4n) is 2.42. The van der Waals surface area contributed by atoms with Crippen molar-refractivity contribution in [2.24, 2.45) is 0 Å². The molecule has 0 bridgehead atoms. The molecule has 0 spiro atoms. The maximum absolute atomic E-state index is 12.2. The van der Waals surface area contributed by atoms with Crippen LogP contribution in [0, 0.1) is 0 Å². The van der Waals surface area contributed by atoms with E-state index in [0.29, 0.717) is 28.0 Å². The Balaban J connectivity index is 1.46. The van der Waals surface area contributed by atoms with Crippen molar-refractivity contribution in [1.29, 1.82) is 0 Å². The number of furan rings is 1. The molecule has 3 rings (SSSR count). The maximum atomic E-state index is 12.2. The zero-order valence-electron chi connectivity index (χ0n) is 15.6. The predicted octanol–water partition coefficient (Wildman–Crippen LogP) is 3.89. The minimum atomic E-state index is -0.497. The second kappa shape index (κ2) is 9.66. The van der Waals surface area contributed by atoms with Crippen LogP contribution in [0.25, 0.3) is 0 Å². The molecule has 0 aliphatic carbocycles. The van der Waals surface area contributed by atoms with Crippen molar-refractivity contribution in [2.75, 3.05) is 19.0 Å². The molecule has 1 heterocycles. The zero-order valence-corrected chi connectivity index (χ0v) is 16.4. The van der Waals surface area contributed by atoms with Gasteiger partial charge in [-0.2, -0.15) is 0 Å². The summed E-state index contributed by atoms with van der Waals surface area (Å²) in [6.07, 6.45) is 0. The molecule has 8 heteroatoms. The summed E-state index contributed by atoms with van der Waals surface area (Å²) in [6, 6.07) is 17.0. The number of ether oxygens (including phenoxy) is 2. The van der Waals surface area contributed by atoms with E-state index < -0.39 is 5.91 Å². The first-order chi connectivity index (χ1) is 14.0. The van der Waals surface area contributed by atoms with Gasteiger partial charge in [0.25, 0.3) is 5.91 Å². The van der Waals surface area contributed by atoms with Crippen LogP contribution < -0.4 is 20.1 Å². The van der Waals surface area contributed by atoms with E-state index in [1.807, 2.05) is 0 Å². The van der Waals surface area contributed by atoms with Gasteiger partial charge in [0.2, 0.25) is 5.91 Å². The van der Waals surface area contributed by atoms with Gasteiger partial charge in [0.15, 0.2) is 5.76 Å². The Morgan fingerprint density at radius 3 is 2.59 bits per heavy atom. The molecule has 2 amide bonds. The highest BCUT2D eigenvalue weighted by Gasteiger charge is 2.13. The molecule has 0 aliphatic rings. The van der Waals surface area contributed by atoms with Crippen LogP contribution in [0.3, 0.4) is 0 Å². The average Bonchev–Trinajstić information content (AvgIpc) is 3.21. The highest BCUT2D eigenvalue weighted by molar-refractivity contribution is 6.30. The van der Waals surface area contributed by atoms with Gasteiger partial charge >= 0.3 is 0 Å². The summed E-state index contributed by atoms with van der Waals surface area (Å²) in [4.78, 5) is 24.2. The van der Waals surface area contributed by atoms with Crippen LogP contribution in [0.4, 0.5) is 5.69 Å². The number of carbonyl (C=O) groups is 2. The summed E-state index contributed by atoms with van der Waals surface area (Å²) >= 11 is 5.83. The van der Waals surface area contributed by atoms with Crippen molar-refractivity contribution in [2.45, 2.75) is 6.61 Å². The van der Waals surface area contributed by atoms with Crippen LogP contribution in [0.2, 0.25) is 5.02 Å². The van der Waals surface area contributed by atoms with E-state index >= 15 is 0 Å². The SMILES string of the molecule is COc1cccc(NC(=O)CNC(=O)c2ccc(COc3ccc(Cl)cc3)o2)c1. The highest BCUT2D eigenvalue weighted by Crippen LogP contribution is 2.18. The van der Waals surface area contributed by atoms with E-state index in [9.17, 15) is 9.59 Å². The number of hydrogen-bond acceptors (Lipinski definition) is 5. The largest absolute Gasteiger partial charge is 0.497 e. The molecule has 0 saturated heterocycles. The lowest BCUT2D eigenvalue weighted by molar-refractivity contribution is -0.115. The van der Waals surface area contributed by atoms with Gasteiger partial charge in [-0.15, -0.1) is 0 Å². The van der Waals surface area contributed by atoms with Gasteiger partial charge in [-0.25, -0.2) is 0 Å². The Hall–Kier alpha value is -3.45. The molecule has 0 saturated carbocycles. The van der Waals surface area contributed by atoms with Crippen LogP contribution in [0.1, 0.15) is 16.3 Å². The Bertz CT molecular complexity index is 985.